The first kappa shape index (κ1) is 13.4. The Bertz CT molecular complexity index is 377. The van der Waals surface area contributed by atoms with Crippen LogP contribution in [0.25, 0.3) is 0 Å². The van der Waals surface area contributed by atoms with E-state index >= 15 is 0 Å². The van der Waals surface area contributed by atoms with Gasteiger partial charge in [-0.1, -0.05) is 25.2 Å². The number of hydrogen-bond donors (Lipinski definition) is 0. The molecule has 0 bridgehead atoms. The lowest BCUT2D eigenvalue weighted by Crippen LogP contribution is -2.36. The van der Waals surface area contributed by atoms with Gasteiger partial charge in [0.15, 0.2) is 0 Å². The first-order valence-corrected chi connectivity index (χ1v) is 7.12. The molecule has 0 amide bonds. The molecule has 0 fully saturated rings. The van der Waals surface area contributed by atoms with Crippen molar-refractivity contribution in [3.8, 4) is 0 Å². The molecule has 2 nitrogen and oxygen atoms in total. The van der Waals surface area contributed by atoms with Crippen LogP contribution in [0.4, 0.5) is 0 Å². The van der Waals surface area contributed by atoms with Crippen LogP contribution in [0, 0.1) is 11.3 Å². The number of carbonyl (C=O) groups excluding carboxylic acids is 1. The molecule has 2 heteroatoms. The highest BCUT2D eigenvalue weighted by molar-refractivity contribution is 5.76. The Hall–Kier alpha value is -1.05. The van der Waals surface area contributed by atoms with E-state index in [4.69, 9.17) is 4.74 Å². The van der Waals surface area contributed by atoms with Gasteiger partial charge in [0.25, 0.3) is 0 Å². The van der Waals surface area contributed by atoms with Crippen LogP contribution < -0.4 is 0 Å². The third-order valence-corrected chi connectivity index (χ3v) is 4.36. The lowest BCUT2D eigenvalue weighted by Gasteiger charge is -2.35. The van der Waals surface area contributed by atoms with Gasteiger partial charge in [-0.15, -0.1) is 0 Å². The summed E-state index contributed by atoms with van der Waals surface area (Å²) in [7, 11) is 0. The average molecular weight is 248 g/mol. The van der Waals surface area contributed by atoms with Crippen LogP contribution in [-0.2, 0) is 9.53 Å². The number of allylic oxidation sites excluding steroid dienone is 3. The summed E-state index contributed by atoms with van der Waals surface area (Å²) >= 11 is 0. The highest BCUT2D eigenvalue weighted by Crippen LogP contribution is 2.36. The van der Waals surface area contributed by atoms with E-state index in [1.54, 1.807) is 0 Å². The van der Waals surface area contributed by atoms with E-state index in [2.05, 4.69) is 18.2 Å². The van der Waals surface area contributed by atoms with Crippen molar-refractivity contribution >= 4 is 5.97 Å². The molecule has 0 aliphatic heterocycles. The molecule has 0 aromatic heterocycles. The van der Waals surface area contributed by atoms with Crippen LogP contribution in [0.1, 0.15) is 52.9 Å². The van der Waals surface area contributed by atoms with Crippen molar-refractivity contribution in [1.29, 1.82) is 0 Å². The number of ether oxygens (including phenoxy) is 1. The van der Waals surface area contributed by atoms with Gasteiger partial charge in [0, 0.05) is 5.92 Å². The second kappa shape index (κ2) is 5.29. The SMILES string of the molecule is CCC(C)(C)C(=O)OC1CCC=C2C=CCCC21. The maximum Gasteiger partial charge on any atom is 0.311 e. The fraction of sp³-hybridized carbons (Fsp3) is 0.688. The van der Waals surface area contributed by atoms with Gasteiger partial charge in [0.05, 0.1) is 5.41 Å². The van der Waals surface area contributed by atoms with Crippen molar-refractivity contribution < 1.29 is 9.53 Å². The Morgan fingerprint density at radius 1 is 1.39 bits per heavy atom. The molecule has 0 saturated heterocycles. The zero-order chi connectivity index (χ0) is 13.2. The summed E-state index contributed by atoms with van der Waals surface area (Å²) in [5, 5.41) is 0. The molecular formula is C16H24O2. The first-order chi connectivity index (χ1) is 8.54. The Morgan fingerprint density at radius 3 is 2.89 bits per heavy atom. The molecule has 100 valence electrons. The predicted octanol–water partition coefficient (Wildman–Crippen LogP) is 4.02. The van der Waals surface area contributed by atoms with Crippen LogP contribution in [0.3, 0.4) is 0 Å². The first-order valence-electron chi connectivity index (χ1n) is 7.12. The fourth-order valence-electron chi connectivity index (χ4n) is 2.60. The highest BCUT2D eigenvalue weighted by atomic mass is 16.5. The number of hydrogen-bond acceptors (Lipinski definition) is 2. The maximum absolute atomic E-state index is 12.2. The third kappa shape index (κ3) is 2.68. The van der Waals surface area contributed by atoms with Crippen LogP contribution >= 0.6 is 0 Å². The molecule has 18 heavy (non-hydrogen) atoms. The van der Waals surface area contributed by atoms with Gasteiger partial charge in [-0.05, 0) is 51.5 Å². The van der Waals surface area contributed by atoms with Crippen LogP contribution in [-0.4, -0.2) is 12.1 Å². The molecule has 0 aromatic rings. The number of fused-ring (bicyclic) bond motifs is 1. The van der Waals surface area contributed by atoms with E-state index in [1.807, 2.05) is 20.8 Å². The second-order valence-electron chi connectivity index (χ2n) is 6.05. The Morgan fingerprint density at radius 2 is 2.17 bits per heavy atom. The molecule has 2 aliphatic carbocycles. The number of esters is 1. The van der Waals surface area contributed by atoms with Gasteiger partial charge in [0.2, 0.25) is 0 Å². The van der Waals surface area contributed by atoms with Crippen molar-refractivity contribution in [3.05, 3.63) is 23.8 Å². The molecule has 0 radical (unpaired) electrons. The Balaban J connectivity index is 2.04. The summed E-state index contributed by atoms with van der Waals surface area (Å²) in [6, 6.07) is 0. The van der Waals surface area contributed by atoms with Crippen LogP contribution in [0.5, 0.6) is 0 Å². The lowest BCUT2D eigenvalue weighted by molar-refractivity contribution is -0.162. The molecule has 0 saturated carbocycles. The van der Waals surface area contributed by atoms with Gasteiger partial charge >= 0.3 is 5.97 Å². The quantitative estimate of drug-likeness (QED) is 0.705. The molecule has 2 unspecified atom stereocenters. The second-order valence-corrected chi connectivity index (χ2v) is 6.05. The maximum atomic E-state index is 12.2. The van der Waals surface area contributed by atoms with E-state index in [-0.39, 0.29) is 17.5 Å². The molecule has 0 spiro atoms. The minimum atomic E-state index is -0.355. The molecule has 0 heterocycles. The Labute approximate surface area is 110 Å². The molecular weight excluding hydrogens is 224 g/mol. The topological polar surface area (TPSA) is 26.3 Å². The van der Waals surface area contributed by atoms with Crippen molar-refractivity contribution in [2.75, 3.05) is 0 Å². The summed E-state index contributed by atoms with van der Waals surface area (Å²) in [5.41, 5.74) is 1.02. The van der Waals surface area contributed by atoms with E-state index in [9.17, 15) is 4.79 Å². The van der Waals surface area contributed by atoms with Crippen molar-refractivity contribution in [1.82, 2.24) is 0 Å². The van der Waals surface area contributed by atoms with Crippen molar-refractivity contribution in [3.63, 3.8) is 0 Å². The summed E-state index contributed by atoms with van der Waals surface area (Å²) in [5.74, 6) is 0.395. The summed E-state index contributed by atoms with van der Waals surface area (Å²) in [6.45, 7) is 5.97. The zero-order valence-corrected chi connectivity index (χ0v) is 11.7. The minimum absolute atomic E-state index is 0.0363. The number of rotatable bonds is 3. The van der Waals surface area contributed by atoms with Gasteiger partial charge < -0.3 is 4.74 Å². The van der Waals surface area contributed by atoms with Crippen LogP contribution in [0.2, 0.25) is 0 Å². The molecule has 0 aromatic carbocycles. The monoisotopic (exact) mass is 248 g/mol. The van der Waals surface area contributed by atoms with Gasteiger partial charge in [0.1, 0.15) is 6.10 Å². The summed E-state index contributed by atoms with van der Waals surface area (Å²) < 4.78 is 5.80. The molecule has 2 aliphatic rings. The van der Waals surface area contributed by atoms with Gasteiger partial charge in [-0.2, -0.15) is 0 Å². The average Bonchev–Trinajstić information content (AvgIpc) is 2.39. The van der Waals surface area contributed by atoms with Crippen molar-refractivity contribution in [2.45, 2.75) is 59.0 Å². The molecule has 2 rings (SSSR count). The van der Waals surface area contributed by atoms with Gasteiger partial charge in [-0.25, -0.2) is 0 Å². The van der Waals surface area contributed by atoms with E-state index in [0.717, 1.165) is 32.1 Å². The highest BCUT2D eigenvalue weighted by Gasteiger charge is 2.35. The molecule has 2 atom stereocenters. The van der Waals surface area contributed by atoms with E-state index < -0.39 is 0 Å². The summed E-state index contributed by atoms with van der Waals surface area (Å²) in [6.07, 6.45) is 11.9. The zero-order valence-electron chi connectivity index (χ0n) is 11.7. The fourth-order valence-corrected chi connectivity index (χ4v) is 2.60. The third-order valence-electron chi connectivity index (χ3n) is 4.36. The normalized spacial score (nSPS) is 27.4. The van der Waals surface area contributed by atoms with E-state index in [0.29, 0.717) is 5.92 Å². The standard InChI is InChI=1S/C16H24O2/c1-4-16(2,3)15(17)18-14-11-7-9-12-8-5-6-10-13(12)14/h5,8-9,13-14H,4,6-7,10-11H2,1-3H3. The summed E-state index contributed by atoms with van der Waals surface area (Å²) in [4.78, 5) is 12.2. The van der Waals surface area contributed by atoms with Crippen LogP contribution in [0.15, 0.2) is 23.8 Å². The van der Waals surface area contributed by atoms with E-state index in [1.165, 1.54) is 5.57 Å². The van der Waals surface area contributed by atoms with Crippen molar-refractivity contribution in [2.24, 2.45) is 11.3 Å². The predicted molar refractivity (Wildman–Crippen MR) is 73.1 cm³/mol. The molecule has 0 N–H and O–H groups in total. The smallest absolute Gasteiger partial charge is 0.311 e. The largest absolute Gasteiger partial charge is 0.461 e. The number of carbonyl (C=O) groups is 1. The van der Waals surface area contributed by atoms with Gasteiger partial charge in [-0.3, -0.25) is 4.79 Å². The minimum Gasteiger partial charge on any atom is -0.461 e. The Kier molecular flexibility index (Phi) is 3.94. The lowest BCUT2D eigenvalue weighted by atomic mass is 9.79.